The van der Waals surface area contributed by atoms with Gasteiger partial charge in [-0.15, -0.1) is 0 Å². The van der Waals surface area contributed by atoms with Crippen LogP contribution in [0.15, 0.2) is 162 Å². The number of rotatable bonds is 7. The van der Waals surface area contributed by atoms with Crippen molar-refractivity contribution in [3.8, 4) is 62.1 Å². The van der Waals surface area contributed by atoms with Crippen LogP contribution < -0.4 is 0 Å². The maximum atomic E-state index is 10.6. The molecule has 8 aromatic rings. The summed E-state index contributed by atoms with van der Waals surface area (Å²) in [6.07, 6.45) is 8.72. The molecule has 1 aromatic heterocycles. The molecule has 268 valence electrons. The summed E-state index contributed by atoms with van der Waals surface area (Å²) >= 11 is 0. The molecular formula is C49H36O6. The smallest absolute Gasteiger partial charge is 0.208 e. The van der Waals surface area contributed by atoms with Gasteiger partial charge >= 0.3 is 0 Å². The number of furan rings is 1. The molecule has 0 saturated heterocycles. The quantitative estimate of drug-likeness (QED) is 0.0636. The molecule has 6 nitrogen and oxygen atoms in total. The lowest BCUT2D eigenvalue weighted by Crippen LogP contribution is -2.04. The average Bonchev–Trinajstić information content (AvgIpc) is 3.62. The van der Waals surface area contributed by atoms with Gasteiger partial charge in [-0.1, -0.05) is 140 Å². The molecule has 1 aliphatic carbocycles. The Labute approximate surface area is 317 Å². The Hall–Kier alpha value is -7.18. The molecule has 7 aromatic carbocycles. The Balaban J connectivity index is 1.04. The molecule has 0 fully saturated rings. The van der Waals surface area contributed by atoms with Crippen LogP contribution in [0.25, 0.3) is 60.9 Å². The van der Waals surface area contributed by atoms with Crippen LogP contribution in [0.1, 0.15) is 41.0 Å². The van der Waals surface area contributed by atoms with E-state index in [0.717, 1.165) is 79.3 Å². The summed E-state index contributed by atoms with van der Waals surface area (Å²) in [5.41, 5.74) is 11.9. The lowest BCUT2D eigenvalue weighted by molar-refractivity contribution is 0.330. The van der Waals surface area contributed by atoms with Crippen LogP contribution in [0.5, 0.6) is 28.7 Å². The molecule has 0 amide bonds. The van der Waals surface area contributed by atoms with Crippen molar-refractivity contribution in [2.24, 2.45) is 0 Å². The highest BCUT2D eigenvalue weighted by Gasteiger charge is 2.25. The Morgan fingerprint density at radius 2 is 0.891 bits per heavy atom. The molecule has 5 N–H and O–H groups in total. The van der Waals surface area contributed by atoms with Crippen LogP contribution in [0.2, 0.25) is 0 Å². The van der Waals surface area contributed by atoms with E-state index in [1.165, 1.54) is 5.57 Å². The number of fused-ring (bicyclic) bond motifs is 3. The third kappa shape index (κ3) is 6.04. The number of phenolic OH excluding ortho intramolecular Hbond substituents is 5. The molecule has 9 rings (SSSR count). The highest BCUT2D eigenvalue weighted by atomic mass is 16.4. The van der Waals surface area contributed by atoms with E-state index in [1.807, 2.05) is 36.4 Å². The highest BCUT2D eigenvalue weighted by Crippen LogP contribution is 2.54. The van der Waals surface area contributed by atoms with Crippen molar-refractivity contribution >= 4 is 27.5 Å². The van der Waals surface area contributed by atoms with Gasteiger partial charge in [-0.05, 0) is 86.7 Å². The first-order valence-corrected chi connectivity index (χ1v) is 18.2. The molecule has 55 heavy (non-hydrogen) atoms. The van der Waals surface area contributed by atoms with Crippen molar-refractivity contribution in [1.82, 2.24) is 0 Å². The molecule has 6 heteroatoms. The second-order valence-corrected chi connectivity index (χ2v) is 13.9. The van der Waals surface area contributed by atoms with E-state index in [-0.39, 0.29) is 11.5 Å². The van der Waals surface area contributed by atoms with Crippen LogP contribution in [-0.2, 0) is 0 Å². The number of hydrogen-bond acceptors (Lipinski definition) is 6. The van der Waals surface area contributed by atoms with E-state index in [2.05, 4.69) is 109 Å². The van der Waals surface area contributed by atoms with E-state index in [9.17, 15) is 25.5 Å². The Kier molecular flexibility index (Phi) is 8.36. The second kappa shape index (κ2) is 13.7. The molecule has 0 bridgehead atoms. The van der Waals surface area contributed by atoms with E-state index in [0.29, 0.717) is 5.56 Å². The third-order valence-electron chi connectivity index (χ3n) is 10.6. The van der Waals surface area contributed by atoms with Gasteiger partial charge in [-0.2, -0.15) is 0 Å². The van der Waals surface area contributed by atoms with Crippen molar-refractivity contribution in [1.29, 1.82) is 0 Å². The highest BCUT2D eigenvalue weighted by molar-refractivity contribution is 6.06. The molecule has 0 saturated carbocycles. The first kappa shape index (κ1) is 33.6. The minimum atomic E-state index is -0.987. The fourth-order valence-electron chi connectivity index (χ4n) is 7.70. The van der Waals surface area contributed by atoms with Crippen molar-refractivity contribution < 1.29 is 29.9 Å². The Morgan fingerprint density at radius 1 is 0.418 bits per heavy atom. The van der Waals surface area contributed by atoms with Crippen LogP contribution in [-0.4, -0.2) is 25.5 Å². The summed E-state index contributed by atoms with van der Waals surface area (Å²) in [5.74, 6) is -4.42. The second-order valence-electron chi connectivity index (χ2n) is 13.9. The minimum Gasteiger partial charge on any atom is -0.504 e. The Bertz CT molecular complexity index is 2740. The van der Waals surface area contributed by atoms with Gasteiger partial charge in [-0.3, -0.25) is 0 Å². The predicted octanol–water partition coefficient (Wildman–Crippen LogP) is 12.0. The topological polar surface area (TPSA) is 114 Å². The zero-order valence-corrected chi connectivity index (χ0v) is 29.6. The first-order chi connectivity index (χ1) is 26.8. The van der Waals surface area contributed by atoms with Crippen molar-refractivity contribution in [3.05, 3.63) is 180 Å². The van der Waals surface area contributed by atoms with Gasteiger partial charge in [0.1, 0.15) is 11.2 Å². The minimum absolute atomic E-state index is 0.159. The zero-order chi connectivity index (χ0) is 37.6. The molecule has 1 atom stereocenters. The largest absolute Gasteiger partial charge is 0.504 e. The van der Waals surface area contributed by atoms with E-state index < -0.39 is 28.7 Å². The molecule has 1 aliphatic rings. The number of allylic oxidation sites excluding steroid dienone is 4. The van der Waals surface area contributed by atoms with Crippen LogP contribution >= 0.6 is 0 Å². The van der Waals surface area contributed by atoms with Gasteiger partial charge in [0, 0.05) is 16.7 Å². The SMILES string of the molecule is Oc1c(O)c(O)c(-c2ccc(C(c3ccc(C4=CCCC=C4)cc3)c3ccc(-c4ccc(-c5ccc6oc7ccccc7c6c5)cc4)cc3)cc2)c(O)c1O. The fourth-order valence-corrected chi connectivity index (χ4v) is 7.70. The molecular weight excluding hydrogens is 685 g/mol. The first-order valence-electron chi connectivity index (χ1n) is 18.2. The number of phenols is 5. The molecule has 0 radical (unpaired) electrons. The van der Waals surface area contributed by atoms with Gasteiger partial charge in [-0.25, -0.2) is 0 Å². The third-order valence-corrected chi connectivity index (χ3v) is 10.6. The van der Waals surface area contributed by atoms with Crippen LogP contribution in [0.3, 0.4) is 0 Å². The summed E-state index contributed by atoms with van der Waals surface area (Å²) in [4.78, 5) is 0. The van der Waals surface area contributed by atoms with Gasteiger partial charge < -0.3 is 29.9 Å². The normalized spacial score (nSPS) is 13.3. The lowest BCUT2D eigenvalue weighted by atomic mass is 9.83. The van der Waals surface area contributed by atoms with Crippen molar-refractivity contribution in [3.63, 3.8) is 0 Å². The maximum absolute atomic E-state index is 10.6. The van der Waals surface area contributed by atoms with Gasteiger partial charge in [0.15, 0.2) is 11.5 Å². The number of benzene rings is 7. The fraction of sp³-hybridized carbons (Fsp3) is 0.0612. The van der Waals surface area contributed by atoms with Crippen molar-refractivity contribution in [2.75, 3.05) is 0 Å². The summed E-state index contributed by atoms with van der Waals surface area (Å²) in [7, 11) is 0. The van der Waals surface area contributed by atoms with Gasteiger partial charge in [0.05, 0.1) is 5.56 Å². The predicted molar refractivity (Wildman–Crippen MR) is 219 cm³/mol. The van der Waals surface area contributed by atoms with E-state index in [4.69, 9.17) is 4.42 Å². The standard InChI is InChI=1S/C49H36O6/c50-45-44(46(51)48(53)49(54)47(45)52)37-24-22-36(23-25-37)43(34-18-14-30(15-19-34)29-6-2-1-3-7-29)35-20-16-32(17-21-35)31-10-12-33(13-11-31)38-26-27-42-40(28-38)39-8-4-5-9-41(39)55-42/h2,4-28,43,50-54H,1,3H2. The summed E-state index contributed by atoms with van der Waals surface area (Å²) < 4.78 is 6.03. The van der Waals surface area contributed by atoms with E-state index in [1.54, 1.807) is 12.1 Å². The number of hydrogen-bond donors (Lipinski definition) is 5. The number of para-hydroxylation sites is 1. The van der Waals surface area contributed by atoms with E-state index >= 15 is 0 Å². The molecule has 0 aliphatic heterocycles. The maximum Gasteiger partial charge on any atom is 0.208 e. The molecule has 1 heterocycles. The van der Waals surface area contributed by atoms with Gasteiger partial charge in [0.25, 0.3) is 0 Å². The summed E-state index contributed by atoms with van der Waals surface area (Å²) in [5, 5.41) is 53.5. The number of aromatic hydroxyl groups is 5. The monoisotopic (exact) mass is 720 g/mol. The molecule has 0 spiro atoms. The Morgan fingerprint density at radius 3 is 1.47 bits per heavy atom. The van der Waals surface area contributed by atoms with Crippen molar-refractivity contribution in [2.45, 2.75) is 18.8 Å². The summed E-state index contributed by atoms with van der Waals surface area (Å²) in [6, 6.07) is 47.4. The zero-order valence-electron chi connectivity index (χ0n) is 29.6. The van der Waals surface area contributed by atoms with Gasteiger partial charge in [0.2, 0.25) is 17.2 Å². The van der Waals surface area contributed by atoms with Crippen LogP contribution in [0, 0.1) is 0 Å². The summed E-state index contributed by atoms with van der Waals surface area (Å²) in [6.45, 7) is 0. The average molecular weight is 721 g/mol. The molecule has 1 unspecified atom stereocenters. The van der Waals surface area contributed by atoms with Crippen LogP contribution in [0.4, 0.5) is 0 Å². The lowest BCUT2D eigenvalue weighted by Gasteiger charge is -2.21.